The zero-order valence-corrected chi connectivity index (χ0v) is 13.3. The lowest BCUT2D eigenvalue weighted by Gasteiger charge is -2.41. The van der Waals surface area contributed by atoms with Gasteiger partial charge in [0.15, 0.2) is 0 Å². The highest BCUT2D eigenvalue weighted by Gasteiger charge is 2.31. The number of nitrogens with zero attached hydrogens (tertiary/aromatic N) is 4. The molecule has 0 bridgehead atoms. The van der Waals surface area contributed by atoms with Crippen LogP contribution in [0.4, 0.5) is 0 Å². The number of carbonyl (C=O) groups excluding carboxylic acids is 1. The van der Waals surface area contributed by atoms with E-state index in [2.05, 4.69) is 37.3 Å². The number of hydrogen-bond donors (Lipinski definition) is 2. The molecule has 1 aromatic heterocycles. The van der Waals surface area contributed by atoms with Gasteiger partial charge in [0.05, 0.1) is 12.5 Å². The van der Waals surface area contributed by atoms with Crippen molar-refractivity contribution in [3.63, 3.8) is 0 Å². The number of piperidine rings is 2. The fourth-order valence-electron chi connectivity index (χ4n) is 3.54. The molecule has 0 radical (unpaired) electrons. The van der Waals surface area contributed by atoms with Gasteiger partial charge in [-0.05, 0) is 52.4 Å². The molecule has 3 rings (SSSR count). The summed E-state index contributed by atoms with van der Waals surface area (Å²) in [6.07, 6.45) is 6.02. The highest BCUT2D eigenvalue weighted by molar-refractivity contribution is 5.78. The van der Waals surface area contributed by atoms with Crippen LogP contribution in [0.3, 0.4) is 0 Å². The molecule has 0 aromatic carbocycles. The summed E-state index contributed by atoms with van der Waals surface area (Å²) in [5, 5.41) is 9.54. The summed E-state index contributed by atoms with van der Waals surface area (Å²) in [6, 6.07) is 0.654. The Morgan fingerprint density at radius 1 is 1.36 bits per heavy atom. The highest BCUT2D eigenvalue weighted by Crippen LogP contribution is 2.23. The van der Waals surface area contributed by atoms with E-state index in [-0.39, 0.29) is 11.8 Å². The number of hydrogen-bond acceptors (Lipinski definition) is 5. The first-order valence-electron chi connectivity index (χ1n) is 8.27. The summed E-state index contributed by atoms with van der Waals surface area (Å²) in [5.41, 5.74) is 0. The zero-order valence-electron chi connectivity index (χ0n) is 13.3. The molecule has 2 fully saturated rings. The van der Waals surface area contributed by atoms with Crippen LogP contribution < -0.4 is 5.32 Å². The Kier molecular flexibility index (Phi) is 5.04. The molecular formula is C15H26N6O. The van der Waals surface area contributed by atoms with Crippen molar-refractivity contribution < 1.29 is 4.79 Å². The average molecular weight is 306 g/mol. The van der Waals surface area contributed by atoms with E-state index in [0.29, 0.717) is 18.4 Å². The van der Waals surface area contributed by atoms with Gasteiger partial charge in [-0.2, -0.15) is 5.10 Å². The number of aromatic amines is 1. The van der Waals surface area contributed by atoms with Crippen molar-refractivity contribution in [1.82, 2.24) is 30.3 Å². The van der Waals surface area contributed by atoms with Crippen LogP contribution in [0.25, 0.3) is 0 Å². The maximum Gasteiger partial charge on any atom is 0.224 e. The van der Waals surface area contributed by atoms with E-state index in [0.717, 1.165) is 25.9 Å². The molecule has 1 unspecified atom stereocenters. The maximum atomic E-state index is 12.4. The maximum absolute atomic E-state index is 12.4. The molecule has 3 heterocycles. The van der Waals surface area contributed by atoms with Gasteiger partial charge in [-0.25, -0.2) is 4.98 Å². The number of H-pyrrole nitrogens is 1. The van der Waals surface area contributed by atoms with Crippen molar-refractivity contribution in [2.24, 2.45) is 5.92 Å². The largest absolute Gasteiger partial charge is 0.349 e. The normalized spacial score (nSPS) is 25.2. The number of likely N-dealkylation sites (tertiary alicyclic amines) is 2. The van der Waals surface area contributed by atoms with Gasteiger partial charge in [-0.3, -0.25) is 14.8 Å². The summed E-state index contributed by atoms with van der Waals surface area (Å²) < 4.78 is 0. The van der Waals surface area contributed by atoms with Crippen LogP contribution >= 0.6 is 0 Å². The van der Waals surface area contributed by atoms with Gasteiger partial charge >= 0.3 is 0 Å². The molecule has 2 aliphatic heterocycles. The van der Waals surface area contributed by atoms with Gasteiger partial charge in [0.1, 0.15) is 12.2 Å². The third kappa shape index (κ3) is 3.84. The third-order valence-electron chi connectivity index (χ3n) is 4.92. The highest BCUT2D eigenvalue weighted by atomic mass is 16.1. The smallest absolute Gasteiger partial charge is 0.224 e. The second-order valence-corrected chi connectivity index (χ2v) is 6.52. The first-order chi connectivity index (χ1) is 10.7. The van der Waals surface area contributed by atoms with Gasteiger partial charge in [0.2, 0.25) is 5.91 Å². The van der Waals surface area contributed by atoms with E-state index in [1.54, 1.807) is 0 Å². The van der Waals surface area contributed by atoms with Crippen LogP contribution in [-0.4, -0.2) is 70.2 Å². The summed E-state index contributed by atoms with van der Waals surface area (Å²) in [5.74, 6) is 0.960. The van der Waals surface area contributed by atoms with E-state index < -0.39 is 0 Å². The molecule has 2 aliphatic rings. The van der Waals surface area contributed by atoms with Gasteiger partial charge in [-0.1, -0.05) is 0 Å². The lowest BCUT2D eigenvalue weighted by molar-refractivity contribution is -0.127. The monoisotopic (exact) mass is 306 g/mol. The molecule has 1 amide bonds. The first-order valence-corrected chi connectivity index (χ1v) is 8.27. The Morgan fingerprint density at radius 2 is 2.18 bits per heavy atom. The first kappa shape index (κ1) is 15.4. The number of rotatable bonds is 4. The van der Waals surface area contributed by atoms with Crippen molar-refractivity contribution in [1.29, 1.82) is 0 Å². The Balaban J connectivity index is 1.48. The van der Waals surface area contributed by atoms with Gasteiger partial charge in [0, 0.05) is 12.6 Å². The molecule has 7 nitrogen and oxygen atoms in total. The van der Waals surface area contributed by atoms with Crippen molar-refractivity contribution in [3.8, 4) is 0 Å². The lowest BCUT2D eigenvalue weighted by atomic mass is 9.93. The number of amides is 1. The second-order valence-electron chi connectivity index (χ2n) is 6.52. The molecule has 0 saturated carbocycles. The van der Waals surface area contributed by atoms with Crippen LogP contribution in [-0.2, 0) is 11.3 Å². The molecule has 0 spiro atoms. The van der Waals surface area contributed by atoms with Gasteiger partial charge in [0.25, 0.3) is 0 Å². The van der Waals surface area contributed by atoms with E-state index in [4.69, 9.17) is 0 Å². The van der Waals surface area contributed by atoms with E-state index in [1.807, 2.05) is 0 Å². The average Bonchev–Trinajstić information content (AvgIpc) is 3.07. The Hall–Kier alpha value is -1.47. The molecule has 22 heavy (non-hydrogen) atoms. The number of nitrogens with one attached hydrogen (secondary N) is 2. The van der Waals surface area contributed by atoms with Crippen LogP contribution in [0.1, 0.15) is 31.5 Å². The molecule has 1 atom stereocenters. The molecule has 1 aromatic rings. The molecule has 2 N–H and O–H groups in total. The SMILES string of the molecule is CN1CCC(N2CCCC(C(=O)NCc3ncn[nH]3)C2)CC1. The zero-order chi connectivity index (χ0) is 15.4. The quantitative estimate of drug-likeness (QED) is 0.832. The van der Waals surface area contributed by atoms with Crippen LogP contribution in [0.2, 0.25) is 0 Å². The van der Waals surface area contributed by atoms with E-state index >= 15 is 0 Å². The van der Waals surface area contributed by atoms with Crippen molar-refractivity contribution in [2.45, 2.75) is 38.3 Å². The standard InChI is InChI=1S/C15H26N6O/c1-20-7-4-13(5-8-20)21-6-2-3-12(10-21)15(22)16-9-14-17-11-18-19-14/h11-13H,2-10H2,1H3,(H,16,22)(H,17,18,19). The predicted octanol–water partition coefficient (Wildman–Crippen LogP) is 0.227. The van der Waals surface area contributed by atoms with Crippen molar-refractivity contribution in [3.05, 3.63) is 12.2 Å². The number of aromatic nitrogens is 3. The minimum Gasteiger partial charge on any atom is -0.349 e. The second kappa shape index (κ2) is 7.19. The molecule has 0 aliphatic carbocycles. The summed E-state index contributed by atoms with van der Waals surface area (Å²) in [4.78, 5) is 21.3. The summed E-state index contributed by atoms with van der Waals surface area (Å²) in [6.45, 7) is 4.81. The van der Waals surface area contributed by atoms with Crippen LogP contribution in [0, 0.1) is 5.92 Å². The topological polar surface area (TPSA) is 77.2 Å². The lowest BCUT2D eigenvalue weighted by Crippen LogP contribution is -2.50. The van der Waals surface area contributed by atoms with Crippen molar-refractivity contribution in [2.75, 3.05) is 33.2 Å². The van der Waals surface area contributed by atoms with Crippen LogP contribution in [0.5, 0.6) is 0 Å². The molecular weight excluding hydrogens is 280 g/mol. The summed E-state index contributed by atoms with van der Waals surface area (Å²) >= 11 is 0. The molecule has 7 heteroatoms. The predicted molar refractivity (Wildman–Crippen MR) is 83.0 cm³/mol. The summed E-state index contributed by atoms with van der Waals surface area (Å²) in [7, 11) is 2.19. The van der Waals surface area contributed by atoms with E-state index in [1.165, 1.54) is 32.3 Å². The van der Waals surface area contributed by atoms with E-state index in [9.17, 15) is 4.79 Å². The minimum atomic E-state index is 0.108. The van der Waals surface area contributed by atoms with Crippen molar-refractivity contribution >= 4 is 5.91 Å². The molecule has 122 valence electrons. The fourth-order valence-corrected chi connectivity index (χ4v) is 3.54. The Labute approximate surface area is 131 Å². The van der Waals surface area contributed by atoms with Crippen LogP contribution in [0.15, 0.2) is 6.33 Å². The minimum absolute atomic E-state index is 0.108. The Morgan fingerprint density at radius 3 is 2.91 bits per heavy atom. The molecule has 2 saturated heterocycles. The van der Waals surface area contributed by atoms with Gasteiger partial charge in [-0.15, -0.1) is 0 Å². The third-order valence-corrected chi connectivity index (χ3v) is 4.92. The number of carbonyl (C=O) groups is 1. The van der Waals surface area contributed by atoms with Gasteiger partial charge < -0.3 is 10.2 Å². The fraction of sp³-hybridized carbons (Fsp3) is 0.800. The Bertz CT molecular complexity index is 468.